The number of rotatable bonds is 5. The summed E-state index contributed by atoms with van der Waals surface area (Å²) < 4.78 is 6.43. The molecule has 2 fully saturated rings. The molecule has 2 heterocycles. The lowest BCUT2D eigenvalue weighted by Crippen LogP contribution is -2.38. The average molecular weight is 401 g/mol. The maximum absolute atomic E-state index is 10.0. The van der Waals surface area contributed by atoms with Crippen molar-refractivity contribution >= 4 is 16.8 Å². The Bertz CT molecular complexity index is 1120. The zero-order valence-corrected chi connectivity index (χ0v) is 18.0. The van der Waals surface area contributed by atoms with E-state index >= 15 is 0 Å². The smallest absolute Gasteiger partial charge is 0.198 e. The van der Waals surface area contributed by atoms with E-state index in [0.717, 1.165) is 78.1 Å². The van der Waals surface area contributed by atoms with Gasteiger partial charge in [-0.15, -0.1) is 0 Å². The molecular formula is C25H28N4O. The minimum atomic E-state index is 0.411. The van der Waals surface area contributed by atoms with Gasteiger partial charge >= 0.3 is 0 Å². The monoisotopic (exact) mass is 400 g/mol. The first-order valence-corrected chi connectivity index (χ1v) is 10.9. The Morgan fingerprint density at radius 1 is 1.20 bits per heavy atom. The van der Waals surface area contributed by atoms with E-state index in [4.69, 9.17) is 9.40 Å². The van der Waals surface area contributed by atoms with Gasteiger partial charge in [0.2, 0.25) is 0 Å². The van der Waals surface area contributed by atoms with Crippen LogP contribution in [0.3, 0.4) is 0 Å². The number of likely N-dealkylation sites (N-methyl/N-ethyl adjacent to an activating group) is 1. The molecule has 1 aromatic heterocycles. The molecule has 2 aliphatic rings. The van der Waals surface area contributed by atoms with Crippen LogP contribution in [0.4, 0.5) is 5.69 Å². The number of nitrogens with zero attached hydrogens (tertiary/aromatic N) is 4. The van der Waals surface area contributed by atoms with Crippen molar-refractivity contribution < 1.29 is 4.42 Å². The van der Waals surface area contributed by atoms with Gasteiger partial charge in [0.15, 0.2) is 11.5 Å². The molecule has 0 spiro atoms. The lowest BCUT2D eigenvalue weighted by Gasteiger charge is -2.31. The number of aromatic nitrogens is 1. The molecule has 2 aromatic carbocycles. The predicted octanol–water partition coefficient (Wildman–Crippen LogP) is 5.08. The van der Waals surface area contributed by atoms with E-state index in [9.17, 15) is 5.26 Å². The average Bonchev–Trinajstić information content (AvgIpc) is 3.34. The third-order valence-electron chi connectivity index (χ3n) is 6.42. The molecule has 0 N–H and O–H groups in total. The van der Waals surface area contributed by atoms with Crippen molar-refractivity contribution in [2.75, 3.05) is 32.1 Å². The first kappa shape index (κ1) is 19.1. The summed E-state index contributed by atoms with van der Waals surface area (Å²) in [5.41, 5.74) is 6.54. The Morgan fingerprint density at radius 3 is 2.63 bits per heavy atom. The summed E-state index contributed by atoms with van der Waals surface area (Å²) in [4.78, 5) is 9.61. The zero-order chi connectivity index (χ0) is 20.8. The molecule has 0 unspecified atom stereocenters. The summed E-state index contributed by atoms with van der Waals surface area (Å²) >= 11 is 0. The summed E-state index contributed by atoms with van der Waals surface area (Å²) in [5.74, 6) is 1.21. The van der Waals surface area contributed by atoms with Crippen molar-refractivity contribution in [1.29, 1.82) is 5.26 Å². The highest BCUT2D eigenvalue weighted by atomic mass is 16.4. The molecule has 3 aromatic rings. The highest BCUT2D eigenvalue weighted by molar-refractivity contribution is 6.02. The van der Waals surface area contributed by atoms with Crippen LogP contribution in [-0.4, -0.2) is 43.1 Å². The molecule has 5 heteroatoms. The number of fused-ring (bicyclic) bond motifs is 1. The quantitative estimate of drug-likeness (QED) is 0.598. The first-order valence-electron chi connectivity index (χ1n) is 10.9. The molecule has 1 aliphatic heterocycles. The van der Waals surface area contributed by atoms with E-state index in [1.165, 1.54) is 0 Å². The molecule has 0 bridgehead atoms. The van der Waals surface area contributed by atoms with Gasteiger partial charge in [-0.25, -0.2) is 4.98 Å². The minimum Gasteiger partial charge on any atom is -0.438 e. The third-order valence-corrected chi connectivity index (χ3v) is 6.42. The molecule has 1 atom stereocenters. The van der Waals surface area contributed by atoms with Crippen LogP contribution in [0.5, 0.6) is 0 Å². The van der Waals surface area contributed by atoms with Gasteiger partial charge in [-0.05, 0) is 57.8 Å². The molecule has 5 nitrogen and oxygen atoms in total. The van der Waals surface area contributed by atoms with Gasteiger partial charge in [-0.1, -0.05) is 30.3 Å². The molecule has 5 rings (SSSR count). The number of oxazole rings is 1. The summed E-state index contributed by atoms with van der Waals surface area (Å²) in [5, 5.41) is 10.0. The highest BCUT2D eigenvalue weighted by Crippen LogP contribution is 2.48. The van der Waals surface area contributed by atoms with Crippen LogP contribution in [0.15, 0.2) is 34.7 Å². The Morgan fingerprint density at radius 2 is 1.97 bits per heavy atom. The number of hydrogen-bond donors (Lipinski definition) is 0. The fourth-order valence-electron chi connectivity index (χ4n) is 4.88. The number of nitriles is 1. The number of hydrogen-bond acceptors (Lipinski definition) is 5. The summed E-state index contributed by atoms with van der Waals surface area (Å²) in [6.45, 7) is 4.06. The van der Waals surface area contributed by atoms with Crippen LogP contribution in [-0.2, 0) is 0 Å². The number of anilines is 1. The second kappa shape index (κ2) is 7.45. The van der Waals surface area contributed by atoms with Crippen LogP contribution in [0.1, 0.15) is 48.6 Å². The Hall–Kier alpha value is -2.84. The molecule has 0 amide bonds. The Balaban J connectivity index is 1.81. The summed E-state index contributed by atoms with van der Waals surface area (Å²) in [6, 6.07) is 13.3. The Kier molecular flexibility index (Phi) is 4.75. The lowest BCUT2D eigenvalue weighted by molar-refractivity contribution is 0.372. The maximum atomic E-state index is 10.0. The van der Waals surface area contributed by atoms with Crippen molar-refractivity contribution in [3.05, 3.63) is 47.3 Å². The van der Waals surface area contributed by atoms with E-state index in [-0.39, 0.29) is 0 Å². The second-order valence-corrected chi connectivity index (χ2v) is 8.96. The fourth-order valence-corrected chi connectivity index (χ4v) is 4.88. The van der Waals surface area contributed by atoms with Crippen molar-refractivity contribution in [1.82, 2.24) is 9.88 Å². The van der Waals surface area contributed by atoms with Gasteiger partial charge in [-0.2, -0.15) is 5.26 Å². The molecule has 1 aliphatic carbocycles. The molecule has 1 saturated carbocycles. The van der Waals surface area contributed by atoms with E-state index in [1.54, 1.807) is 0 Å². The van der Waals surface area contributed by atoms with Crippen LogP contribution in [0, 0.1) is 18.3 Å². The van der Waals surface area contributed by atoms with Crippen LogP contribution >= 0.6 is 0 Å². The second-order valence-electron chi connectivity index (χ2n) is 8.96. The van der Waals surface area contributed by atoms with Crippen LogP contribution in [0.25, 0.3) is 22.2 Å². The topological polar surface area (TPSA) is 56.3 Å². The van der Waals surface area contributed by atoms with Crippen molar-refractivity contribution in [3.63, 3.8) is 0 Å². The van der Waals surface area contributed by atoms with Gasteiger partial charge in [0.25, 0.3) is 0 Å². The number of benzene rings is 2. The van der Waals surface area contributed by atoms with E-state index in [0.29, 0.717) is 17.5 Å². The molecular weight excluding hydrogens is 372 g/mol. The van der Waals surface area contributed by atoms with Crippen molar-refractivity contribution in [2.45, 2.75) is 44.6 Å². The first-order chi connectivity index (χ1) is 14.6. The largest absolute Gasteiger partial charge is 0.438 e. The molecule has 154 valence electrons. The predicted molar refractivity (Wildman–Crippen MR) is 120 cm³/mol. The van der Waals surface area contributed by atoms with Crippen molar-refractivity contribution in [2.24, 2.45) is 0 Å². The van der Waals surface area contributed by atoms with Crippen LogP contribution < -0.4 is 4.90 Å². The van der Waals surface area contributed by atoms with Gasteiger partial charge in [0.05, 0.1) is 11.3 Å². The standard InChI is InChI=1S/C25H28N4O/c1-16-20(14-26)22-24(30-25(27-22)18-11-12-18)23(21(16)17-8-5-4-6-9-17)29-13-7-10-19(29)15-28(2)3/h4-6,8-9,18-19H,7,10-13,15H2,1-3H3/t19-/m0/s1. The van der Waals surface area contributed by atoms with E-state index in [1.807, 2.05) is 6.07 Å². The SMILES string of the molecule is Cc1c(-c2ccccc2)c(N2CCC[C@H]2CN(C)C)c2oc(C3CC3)nc2c1C#N. The van der Waals surface area contributed by atoms with Gasteiger partial charge < -0.3 is 14.2 Å². The molecule has 30 heavy (non-hydrogen) atoms. The van der Waals surface area contributed by atoms with Gasteiger partial charge in [0.1, 0.15) is 11.6 Å². The minimum absolute atomic E-state index is 0.411. The van der Waals surface area contributed by atoms with Gasteiger partial charge in [0, 0.05) is 30.6 Å². The summed E-state index contributed by atoms with van der Waals surface area (Å²) in [7, 11) is 4.27. The highest BCUT2D eigenvalue weighted by Gasteiger charge is 2.35. The maximum Gasteiger partial charge on any atom is 0.198 e. The Labute approximate surface area is 177 Å². The normalized spacial score (nSPS) is 19.0. The lowest BCUT2D eigenvalue weighted by atomic mass is 9.92. The zero-order valence-electron chi connectivity index (χ0n) is 18.0. The van der Waals surface area contributed by atoms with Gasteiger partial charge in [-0.3, -0.25) is 0 Å². The molecule has 1 saturated heterocycles. The summed E-state index contributed by atoms with van der Waals surface area (Å²) in [6.07, 6.45) is 4.58. The molecule has 0 radical (unpaired) electrons. The van der Waals surface area contributed by atoms with E-state index < -0.39 is 0 Å². The fraction of sp³-hybridized carbons (Fsp3) is 0.440. The third kappa shape index (κ3) is 3.16. The van der Waals surface area contributed by atoms with Crippen LogP contribution in [0.2, 0.25) is 0 Å². The van der Waals surface area contributed by atoms with Crippen molar-refractivity contribution in [3.8, 4) is 17.2 Å². The van der Waals surface area contributed by atoms with E-state index in [2.05, 4.69) is 61.2 Å².